The molecule has 3 heteroatoms. The van der Waals surface area contributed by atoms with Crippen molar-refractivity contribution in [1.82, 2.24) is 0 Å². The Labute approximate surface area is 111 Å². The van der Waals surface area contributed by atoms with Gasteiger partial charge in [-0.2, -0.15) is 0 Å². The zero-order valence-electron chi connectivity index (χ0n) is 12.0. The molecule has 0 aliphatic carbocycles. The molecule has 3 nitrogen and oxygen atoms in total. The van der Waals surface area contributed by atoms with Crippen molar-refractivity contribution in [3.63, 3.8) is 0 Å². The van der Waals surface area contributed by atoms with E-state index in [1.807, 2.05) is 32.0 Å². The number of nitrogens with one attached hydrogen (secondary N) is 1. The zero-order valence-corrected chi connectivity index (χ0v) is 12.0. The van der Waals surface area contributed by atoms with E-state index in [1.54, 1.807) is 0 Å². The summed E-state index contributed by atoms with van der Waals surface area (Å²) in [4.78, 5) is 0. The molecule has 0 spiro atoms. The number of anilines is 2. The number of benzene rings is 1. The molecule has 1 rings (SSSR count). The molecule has 0 aliphatic heterocycles. The van der Waals surface area contributed by atoms with Gasteiger partial charge in [-0.25, -0.2) is 0 Å². The summed E-state index contributed by atoms with van der Waals surface area (Å²) in [5.74, 6) is 0.762. The average molecular weight is 250 g/mol. The summed E-state index contributed by atoms with van der Waals surface area (Å²) in [6, 6.07) is 6.36. The molecule has 0 fully saturated rings. The Hall–Kier alpha value is -1.38. The van der Waals surface area contributed by atoms with Gasteiger partial charge in [0, 0.05) is 17.8 Å². The molecule has 3 N–H and O–H groups in total. The lowest BCUT2D eigenvalue weighted by Gasteiger charge is -2.17. The molecule has 0 heterocycles. The SMILES string of the molecule is CCCCC(C)Nc1ccc(N)c(OC(C)C)c1. The van der Waals surface area contributed by atoms with E-state index in [0.29, 0.717) is 11.7 Å². The molecule has 1 aromatic rings. The number of hydrogen-bond acceptors (Lipinski definition) is 3. The Bertz CT molecular complexity index is 364. The maximum Gasteiger partial charge on any atom is 0.144 e. The fraction of sp³-hybridized carbons (Fsp3) is 0.600. The number of rotatable bonds is 7. The van der Waals surface area contributed by atoms with Gasteiger partial charge < -0.3 is 15.8 Å². The number of nitrogen functional groups attached to an aromatic ring is 1. The van der Waals surface area contributed by atoms with Crippen LogP contribution in [-0.4, -0.2) is 12.1 Å². The van der Waals surface area contributed by atoms with Crippen molar-refractivity contribution >= 4 is 11.4 Å². The molecule has 0 saturated carbocycles. The predicted molar refractivity (Wildman–Crippen MR) is 79.2 cm³/mol. The van der Waals surface area contributed by atoms with E-state index in [-0.39, 0.29) is 6.10 Å². The molecule has 0 amide bonds. The first-order chi connectivity index (χ1) is 8.52. The van der Waals surface area contributed by atoms with Gasteiger partial charge in [-0.3, -0.25) is 0 Å². The number of nitrogens with two attached hydrogens (primary N) is 1. The first-order valence-electron chi connectivity index (χ1n) is 6.85. The molecule has 0 aromatic heterocycles. The van der Waals surface area contributed by atoms with Crippen molar-refractivity contribution in [3.8, 4) is 5.75 Å². The van der Waals surface area contributed by atoms with Crippen LogP contribution in [-0.2, 0) is 0 Å². The van der Waals surface area contributed by atoms with Crippen LogP contribution in [0.3, 0.4) is 0 Å². The van der Waals surface area contributed by atoms with Crippen LogP contribution in [0.1, 0.15) is 47.0 Å². The van der Waals surface area contributed by atoms with Crippen LogP contribution in [0, 0.1) is 0 Å². The Morgan fingerprint density at radius 1 is 1.28 bits per heavy atom. The maximum absolute atomic E-state index is 5.90. The van der Waals surface area contributed by atoms with Crippen LogP contribution >= 0.6 is 0 Å². The van der Waals surface area contributed by atoms with Crippen molar-refractivity contribution in [2.75, 3.05) is 11.1 Å². The summed E-state index contributed by atoms with van der Waals surface area (Å²) in [6.45, 7) is 8.42. The molecule has 0 bridgehead atoms. The van der Waals surface area contributed by atoms with Gasteiger partial charge in [0.05, 0.1) is 11.8 Å². The van der Waals surface area contributed by atoms with E-state index < -0.39 is 0 Å². The summed E-state index contributed by atoms with van der Waals surface area (Å²) < 4.78 is 5.68. The van der Waals surface area contributed by atoms with Crippen LogP contribution in [0.25, 0.3) is 0 Å². The fourth-order valence-electron chi connectivity index (χ4n) is 1.85. The molecule has 1 aromatic carbocycles. The Kier molecular flexibility index (Phi) is 5.83. The lowest BCUT2D eigenvalue weighted by atomic mass is 10.1. The molecule has 0 radical (unpaired) electrons. The van der Waals surface area contributed by atoms with Gasteiger partial charge in [-0.05, 0) is 39.3 Å². The lowest BCUT2D eigenvalue weighted by molar-refractivity contribution is 0.244. The van der Waals surface area contributed by atoms with E-state index in [4.69, 9.17) is 10.5 Å². The molecular weight excluding hydrogens is 224 g/mol. The highest BCUT2D eigenvalue weighted by molar-refractivity contribution is 5.61. The molecule has 1 unspecified atom stereocenters. The number of ether oxygens (including phenoxy) is 1. The minimum atomic E-state index is 0.139. The highest BCUT2D eigenvalue weighted by Gasteiger charge is 2.06. The van der Waals surface area contributed by atoms with E-state index in [9.17, 15) is 0 Å². The van der Waals surface area contributed by atoms with Crippen molar-refractivity contribution in [2.45, 2.75) is 59.1 Å². The Balaban J connectivity index is 2.66. The average Bonchev–Trinajstić information content (AvgIpc) is 2.30. The molecule has 0 aliphatic rings. The quantitative estimate of drug-likeness (QED) is 0.718. The fourth-order valence-corrected chi connectivity index (χ4v) is 1.85. The highest BCUT2D eigenvalue weighted by atomic mass is 16.5. The first kappa shape index (κ1) is 14.7. The minimum absolute atomic E-state index is 0.139. The van der Waals surface area contributed by atoms with Crippen molar-refractivity contribution in [1.29, 1.82) is 0 Å². The largest absolute Gasteiger partial charge is 0.489 e. The highest BCUT2D eigenvalue weighted by Crippen LogP contribution is 2.27. The minimum Gasteiger partial charge on any atom is -0.489 e. The summed E-state index contributed by atoms with van der Waals surface area (Å²) in [7, 11) is 0. The third-order valence-electron chi connectivity index (χ3n) is 2.78. The van der Waals surface area contributed by atoms with E-state index >= 15 is 0 Å². The third kappa shape index (κ3) is 4.86. The third-order valence-corrected chi connectivity index (χ3v) is 2.78. The molecular formula is C15H26N2O. The van der Waals surface area contributed by atoms with Crippen LogP contribution in [0.2, 0.25) is 0 Å². The standard InChI is InChI=1S/C15H26N2O/c1-5-6-7-12(4)17-13-8-9-14(16)15(10-13)18-11(2)3/h8-12,17H,5-7,16H2,1-4H3. The second-order valence-corrected chi connectivity index (χ2v) is 5.11. The van der Waals surface area contributed by atoms with Gasteiger partial charge in [-0.15, -0.1) is 0 Å². The molecule has 1 atom stereocenters. The first-order valence-corrected chi connectivity index (χ1v) is 6.85. The number of hydrogen-bond donors (Lipinski definition) is 2. The predicted octanol–water partition coefficient (Wildman–Crippen LogP) is 4.05. The van der Waals surface area contributed by atoms with Crippen LogP contribution in [0.15, 0.2) is 18.2 Å². The zero-order chi connectivity index (χ0) is 13.5. The van der Waals surface area contributed by atoms with E-state index in [1.165, 1.54) is 19.3 Å². The van der Waals surface area contributed by atoms with Crippen LogP contribution in [0.4, 0.5) is 11.4 Å². The van der Waals surface area contributed by atoms with Gasteiger partial charge >= 0.3 is 0 Å². The van der Waals surface area contributed by atoms with Crippen LogP contribution in [0.5, 0.6) is 5.75 Å². The van der Waals surface area contributed by atoms with Crippen LogP contribution < -0.4 is 15.8 Å². The summed E-state index contributed by atoms with van der Waals surface area (Å²) in [6.07, 6.45) is 3.80. The monoisotopic (exact) mass is 250 g/mol. The Morgan fingerprint density at radius 3 is 2.61 bits per heavy atom. The van der Waals surface area contributed by atoms with Gasteiger partial charge in [0.25, 0.3) is 0 Å². The lowest BCUT2D eigenvalue weighted by Crippen LogP contribution is -2.15. The normalized spacial score (nSPS) is 12.5. The molecule has 102 valence electrons. The van der Waals surface area contributed by atoms with Gasteiger partial charge in [-0.1, -0.05) is 19.8 Å². The topological polar surface area (TPSA) is 47.3 Å². The summed E-state index contributed by atoms with van der Waals surface area (Å²) in [5, 5.41) is 3.48. The number of unbranched alkanes of at least 4 members (excludes halogenated alkanes) is 1. The van der Waals surface area contributed by atoms with E-state index in [0.717, 1.165) is 11.4 Å². The molecule has 18 heavy (non-hydrogen) atoms. The Morgan fingerprint density at radius 2 is 2.00 bits per heavy atom. The van der Waals surface area contributed by atoms with Crippen molar-refractivity contribution in [3.05, 3.63) is 18.2 Å². The van der Waals surface area contributed by atoms with Gasteiger partial charge in [0.2, 0.25) is 0 Å². The smallest absolute Gasteiger partial charge is 0.144 e. The van der Waals surface area contributed by atoms with Gasteiger partial charge in [0.1, 0.15) is 5.75 Å². The van der Waals surface area contributed by atoms with E-state index in [2.05, 4.69) is 19.2 Å². The second-order valence-electron chi connectivity index (χ2n) is 5.11. The second kappa shape index (κ2) is 7.14. The molecule has 0 saturated heterocycles. The summed E-state index contributed by atoms with van der Waals surface area (Å²) >= 11 is 0. The van der Waals surface area contributed by atoms with Gasteiger partial charge in [0.15, 0.2) is 0 Å². The summed E-state index contributed by atoms with van der Waals surface area (Å²) in [5.41, 5.74) is 7.66. The van der Waals surface area contributed by atoms with Crippen molar-refractivity contribution in [2.24, 2.45) is 0 Å². The maximum atomic E-state index is 5.90. The van der Waals surface area contributed by atoms with Crippen molar-refractivity contribution < 1.29 is 4.74 Å².